The van der Waals surface area contributed by atoms with E-state index in [0.29, 0.717) is 0 Å². The molecule has 0 heterocycles. The zero-order valence-corrected chi connectivity index (χ0v) is 10.8. The van der Waals surface area contributed by atoms with Gasteiger partial charge in [0, 0.05) is 12.1 Å². The van der Waals surface area contributed by atoms with Crippen LogP contribution < -0.4 is 10.6 Å². The van der Waals surface area contributed by atoms with E-state index in [9.17, 15) is 4.79 Å². The Morgan fingerprint density at radius 1 is 1.18 bits per heavy atom. The van der Waals surface area contributed by atoms with Crippen LogP contribution in [-0.4, -0.2) is 26.0 Å². The largest absolute Gasteiger partial charge is 0.352 e. The van der Waals surface area contributed by atoms with Crippen LogP contribution in [0.1, 0.15) is 35.7 Å². The standard InChI is InChI=1S/C14H22N2O/c1-3-4-10-16-14(17)13-7-5-12(6-8-13)9-11-15-2/h5-8,15H,3-4,9-11H2,1-2H3,(H,16,17). The summed E-state index contributed by atoms with van der Waals surface area (Å²) in [4.78, 5) is 11.7. The van der Waals surface area contributed by atoms with Crippen LogP contribution in [0.4, 0.5) is 0 Å². The van der Waals surface area contributed by atoms with Gasteiger partial charge >= 0.3 is 0 Å². The van der Waals surface area contributed by atoms with Gasteiger partial charge in [0.05, 0.1) is 0 Å². The molecule has 2 N–H and O–H groups in total. The van der Waals surface area contributed by atoms with E-state index in [4.69, 9.17) is 0 Å². The molecule has 0 aromatic heterocycles. The Morgan fingerprint density at radius 3 is 2.47 bits per heavy atom. The summed E-state index contributed by atoms with van der Waals surface area (Å²) in [6, 6.07) is 7.83. The van der Waals surface area contributed by atoms with E-state index >= 15 is 0 Å². The number of likely N-dealkylation sites (N-methyl/N-ethyl adjacent to an activating group) is 1. The van der Waals surface area contributed by atoms with Crippen LogP contribution in [0.15, 0.2) is 24.3 Å². The third-order valence-electron chi connectivity index (χ3n) is 2.70. The molecule has 1 aromatic rings. The second kappa shape index (κ2) is 7.85. The molecule has 0 unspecified atom stereocenters. The van der Waals surface area contributed by atoms with Gasteiger partial charge in [-0.3, -0.25) is 4.79 Å². The number of unbranched alkanes of at least 4 members (excludes halogenated alkanes) is 1. The van der Waals surface area contributed by atoms with Crippen LogP contribution in [-0.2, 0) is 6.42 Å². The Balaban J connectivity index is 2.46. The molecule has 17 heavy (non-hydrogen) atoms. The zero-order valence-electron chi connectivity index (χ0n) is 10.8. The SMILES string of the molecule is CCCCNC(=O)c1ccc(CCNC)cc1. The van der Waals surface area contributed by atoms with Crippen molar-refractivity contribution in [3.05, 3.63) is 35.4 Å². The van der Waals surface area contributed by atoms with Crippen molar-refractivity contribution in [2.75, 3.05) is 20.1 Å². The number of benzene rings is 1. The average molecular weight is 234 g/mol. The van der Waals surface area contributed by atoms with Gasteiger partial charge in [-0.05, 0) is 44.1 Å². The predicted octanol–water partition coefficient (Wildman–Crippen LogP) is 1.98. The molecule has 0 aliphatic rings. The Hall–Kier alpha value is -1.35. The Labute approximate surface area is 104 Å². The first-order valence-corrected chi connectivity index (χ1v) is 6.29. The average Bonchev–Trinajstić information content (AvgIpc) is 2.37. The molecule has 0 atom stereocenters. The van der Waals surface area contributed by atoms with Gasteiger partial charge in [-0.15, -0.1) is 0 Å². The highest BCUT2D eigenvalue weighted by molar-refractivity contribution is 5.94. The van der Waals surface area contributed by atoms with Gasteiger partial charge in [-0.2, -0.15) is 0 Å². The van der Waals surface area contributed by atoms with E-state index in [1.807, 2.05) is 31.3 Å². The van der Waals surface area contributed by atoms with Crippen LogP contribution in [0.25, 0.3) is 0 Å². The van der Waals surface area contributed by atoms with Crippen molar-refractivity contribution in [3.63, 3.8) is 0 Å². The van der Waals surface area contributed by atoms with Crippen molar-refractivity contribution in [2.24, 2.45) is 0 Å². The first-order chi connectivity index (χ1) is 8.27. The van der Waals surface area contributed by atoms with Gasteiger partial charge in [0.15, 0.2) is 0 Å². The summed E-state index contributed by atoms with van der Waals surface area (Å²) < 4.78 is 0. The van der Waals surface area contributed by atoms with Crippen molar-refractivity contribution in [2.45, 2.75) is 26.2 Å². The number of carbonyl (C=O) groups excluding carboxylic acids is 1. The van der Waals surface area contributed by atoms with Gasteiger partial charge in [0.2, 0.25) is 0 Å². The molecular weight excluding hydrogens is 212 g/mol. The summed E-state index contributed by atoms with van der Waals surface area (Å²) in [5, 5.41) is 6.02. The van der Waals surface area contributed by atoms with Crippen LogP contribution >= 0.6 is 0 Å². The molecule has 94 valence electrons. The summed E-state index contributed by atoms with van der Waals surface area (Å²) in [6.07, 6.45) is 3.13. The maximum atomic E-state index is 11.7. The van der Waals surface area contributed by atoms with Gasteiger partial charge in [0.1, 0.15) is 0 Å². The monoisotopic (exact) mass is 234 g/mol. The molecule has 3 heteroatoms. The molecule has 0 saturated heterocycles. The molecule has 1 rings (SSSR count). The van der Waals surface area contributed by atoms with Crippen molar-refractivity contribution in [1.29, 1.82) is 0 Å². The second-order valence-corrected chi connectivity index (χ2v) is 4.16. The zero-order chi connectivity index (χ0) is 12.5. The van der Waals surface area contributed by atoms with E-state index in [1.165, 1.54) is 5.56 Å². The lowest BCUT2D eigenvalue weighted by Gasteiger charge is -2.05. The molecule has 1 aromatic carbocycles. The minimum atomic E-state index is 0.0265. The predicted molar refractivity (Wildman–Crippen MR) is 71.3 cm³/mol. The lowest BCUT2D eigenvalue weighted by Crippen LogP contribution is -2.24. The Morgan fingerprint density at radius 2 is 1.88 bits per heavy atom. The maximum absolute atomic E-state index is 11.7. The van der Waals surface area contributed by atoms with E-state index < -0.39 is 0 Å². The fourth-order valence-corrected chi connectivity index (χ4v) is 1.57. The van der Waals surface area contributed by atoms with Crippen molar-refractivity contribution < 1.29 is 4.79 Å². The van der Waals surface area contributed by atoms with Gasteiger partial charge in [-0.25, -0.2) is 0 Å². The topological polar surface area (TPSA) is 41.1 Å². The third-order valence-corrected chi connectivity index (χ3v) is 2.70. The highest BCUT2D eigenvalue weighted by atomic mass is 16.1. The summed E-state index contributed by atoms with van der Waals surface area (Å²) in [7, 11) is 1.94. The molecule has 0 saturated carbocycles. The summed E-state index contributed by atoms with van der Waals surface area (Å²) in [5.41, 5.74) is 2.00. The molecule has 0 fully saturated rings. The number of nitrogens with one attached hydrogen (secondary N) is 2. The minimum Gasteiger partial charge on any atom is -0.352 e. The Kier molecular flexibility index (Phi) is 6.33. The van der Waals surface area contributed by atoms with E-state index in [2.05, 4.69) is 17.6 Å². The third kappa shape index (κ3) is 5.00. The highest BCUT2D eigenvalue weighted by Crippen LogP contribution is 2.05. The van der Waals surface area contributed by atoms with E-state index in [1.54, 1.807) is 0 Å². The lowest BCUT2D eigenvalue weighted by molar-refractivity contribution is 0.0953. The molecule has 0 spiro atoms. The molecule has 3 nitrogen and oxygen atoms in total. The van der Waals surface area contributed by atoms with Crippen LogP contribution in [0.3, 0.4) is 0 Å². The Bertz CT molecular complexity index is 333. The van der Waals surface area contributed by atoms with Gasteiger partial charge < -0.3 is 10.6 Å². The fourth-order valence-electron chi connectivity index (χ4n) is 1.57. The van der Waals surface area contributed by atoms with Crippen molar-refractivity contribution in [3.8, 4) is 0 Å². The molecule has 0 aliphatic heterocycles. The molecule has 0 bridgehead atoms. The number of amides is 1. The van der Waals surface area contributed by atoms with Crippen molar-refractivity contribution >= 4 is 5.91 Å². The molecule has 0 radical (unpaired) electrons. The van der Waals surface area contributed by atoms with Gasteiger partial charge in [-0.1, -0.05) is 25.5 Å². The van der Waals surface area contributed by atoms with Crippen molar-refractivity contribution in [1.82, 2.24) is 10.6 Å². The summed E-state index contributed by atoms with van der Waals surface area (Å²) in [5.74, 6) is 0.0265. The highest BCUT2D eigenvalue weighted by Gasteiger charge is 2.03. The number of carbonyl (C=O) groups is 1. The number of hydrogen-bond donors (Lipinski definition) is 2. The van der Waals surface area contributed by atoms with Crippen LogP contribution in [0.5, 0.6) is 0 Å². The molecule has 0 aliphatic carbocycles. The van der Waals surface area contributed by atoms with E-state index in [-0.39, 0.29) is 5.91 Å². The molecular formula is C14H22N2O. The van der Waals surface area contributed by atoms with Crippen LogP contribution in [0.2, 0.25) is 0 Å². The van der Waals surface area contributed by atoms with E-state index in [0.717, 1.165) is 37.9 Å². The minimum absolute atomic E-state index is 0.0265. The number of rotatable bonds is 7. The fraction of sp³-hybridized carbons (Fsp3) is 0.500. The summed E-state index contributed by atoms with van der Waals surface area (Å²) in [6.45, 7) is 3.83. The normalized spacial score (nSPS) is 10.2. The smallest absolute Gasteiger partial charge is 0.251 e. The summed E-state index contributed by atoms with van der Waals surface area (Å²) >= 11 is 0. The first-order valence-electron chi connectivity index (χ1n) is 6.29. The van der Waals surface area contributed by atoms with Crippen LogP contribution in [0, 0.1) is 0 Å². The quantitative estimate of drug-likeness (QED) is 0.708. The first kappa shape index (κ1) is 13.7. The van der Waals surface area contributed by atoms with Gasteiger partial charge in [0.25, 0.3) is 5.91 Å². The molecule has 1 amide bonds. The second-order valence-electron chi connectivity index (χ2n) is 4.16. The number of hydrogen-bond acceptors (Lipinski definition) is 2. The maximum Gasteiger partial charge on any atom is 0.251 e. The lowest BCUT2D eigenvalue weighted by atomic mass is 10.1.